The van der Waals surface area contributed by atoms with Crippen molar-refractivity contribution in [1.82, 2.24) is 30.3 Å². The third kappa shape index (κ3) is 3.90. The van der Waals surface area contributed by atoms with Crippen molar-refractivity contribution in [1.29, 1.82) is 0 Å². The maximum absolute atomic E-state index is 12.4. The molecule has 2 aliphatic rings. The van der Waals surface area contributed by atoms with Crippen LogP contribution in [0.3, 0.4) is 0 Å². The van der Waals surface area contributed by atoms with Gasteiger partial charge in [-0.15, -0.1) is 0 Å². The average molecular weight is 358 g/mol. The maximum atomic E-state index is 12.4. The molecule has 0 aromatic carbocycles. The largest absolute Gasteiger partial charge is 0.468 e. The molecule has 26 heavy (non-hydrogen) atoms. The summed E-state index contributed by atoms with van der Waals surface area (Å²) in [5.41, 5.74) is 0. The Morgan fingerprint density at radius 1 is 1.35 bits per heavy atom. The maximum Gasteiger partial charge on any atom is 0.315 e. The number of furan rings is 1. The summed E-state index contributed by atoms with van der Waals surface area (Å²) in [5, 5.41) is 10.3. The zero-order valence-electron chi connectivity index (χ0n) is 14.9. The zero-order chi connectivity index (χ0) is 17.8. The molecule has 8 nitrogen and oxygen atoms in total. The van der Waals surface area contributed by atoms with Crippen LogP contribution in [0.25, 0.3) is 0 Å². The van der Waals surface area contributed by atoms with Crippen molar-refractivity contribution < 1.29 is 9.21 Å². The van der Waals surface area contributed by atoms with E-state index >= 15 is 0 Å². The van der Waals surface area contributed by atoms with E-state index in [4.69, 9.17) is 4.42 Å². The van der Waals surface area contributed by atoms with Gasteiger partial charge in [-0.3, -0.25) is 4.90 Å². The summed E-state index contributed by atoms with van der Waals surface area (Å²) in [7, 11) is 0. The molecule has 0 radical (unpaired) electrons. The predicted octanol–water partition coefficient (Wildman–Crippen LogP) is 1.71. The fourth-order valence-electron chi connectivity index (χ4n) is 3.90. The summed E-state index contributed by atoms with van der Waals surface area (Å²) in [6.45, 7) is 3.32. The number of nitrogens with one attached hydrogen (secondary N) is 2. The first-order valence-corrected chi connectivity index (χ1v) is 9.48. The lowest BCUT2D eigenvalue weighted by Crippen LogP contribution is -2.48. The number of carbonyl (C=O) groups is 1. The van der Waals surface area contributed by atoms with E-state index < -0.39 is 0 Å². The highest BCUT2D eigenvalue weighted by Crippen LogP contribution is 2.24. The summed E-state index contributed by atoms with van der Waals surface area (Å²) in [6.07, 6.45) is 8.68. The number of urea groups is 1. The quantitative estimate of drug-likeness (QED) is 0.849. The Morgan fingerprint density at radius 2 is 2.23 bits per heavy atom. The Bertz CT molecular complexity index is 707. The fraction of sp³-hybridized carbons (Fsp3) is 0.611. The molecule has 2 aromatic rings. The minimum atomic E-state index is -0.132. The van der Waals surface area contributed by atoms with Crippen molar-refractivity contribution in [3.8, 4) is 0 Å². The molecule has 8 heteroatoms. The summed E-state index contributed by atoms with van der Waals surface area (Å²) in [5.74, 6) is 1.91. The number of hydrogen-bond donors (Lipinski definition) is 2. The Hall–Kier alpha value is -2.35. The number of carbonyl (C=O) groups excluding carboxylic acids is 1. The number of fused-ring (bicyclic) bond motifs is 1. The number of nitrogens with zero attached hydrogens (tertiary/aromatic N) is 4. The van der Waals surface area contributed by atoms with Crippen molar-refractivity contribution >= 4 is 6.03 Å². The highest BCUT2D eigenvalue weighted by molar-refractivity contribution is 5.74. The van der Waals surface area contributed by atoms with E-state index in [-0.39, 0.29) is 18.1 Å². The lowest BCUT2D eigenvalue weighted by Gasteiger charge is -2.33. The van der Waals surface area contributed by atoms with Crippen LogP contribution >= 0.6 is 0 Å². The number of hydrogen-bond acceptors (Lipinski definition) is 5. The first kappa shape index (κ1) is 17.1. The van der Waals surface area contributed by atoms with E-state index in [9.17, 15) is 4.79 Å². The number of amides is 2. The normalized spacial score (nSPS) is 21.8. The Labute approximate surface area is 152 Å². The number of aryl methyl sites for hydroxylation is 1. The van der Waals surface area contributed by atoms with Gasteiger partial charge in [-0.25, -0.2) is 14.5 Å². The van der Waals surface area contributed by atoms with Crippen LogP contribution in [0.2, 0.25) is 0 Å². The number of piperidine rings is 1. The Balaban J connectivity index is 1.31. The number of aromatic nitrogens is 3. The smallest absolute Gasteiger partial charge is 0.315 e. The van der Waals surface area contributed by atoms with Crippen molar-refractivity contribution in [2.45, 2.75) is 50.7 Å². The zero-order valence-corrected chi connectivity index (χ0v) is 14.9. The molecule has 2 aromatic heterocycles. The molecule has 4 heterocycles. The van der Waals surface area contributed by atoms with Crippen LogP contribution in [-0.4, -0.2) is 51.4 Å². The molecule has 2 amide bonds. The van der Waals surface area contributed by atoms with Crippen molar-refractivity contribution in [2.24, 2.45) is 0 Å². The van der Waals surface area contributed by atoms with Gasteiger partial charge in [-0.1, -0.05) is 6.42 Å². The van der Waals surface area contributed by atoms with Crippen LogP contribution in [0.5, 0.6) is 0 Å². The van der Waals surface area contributed by atoms with Crippen molar-refractivity contribution in [3.63, 3.8) is 0 Å². The predicted molar refractivity (Wildman–Crippen MR) is 95.5 cm³/mol. The van der Waals surface area contributed by atoms with Crippen LogP contribution in [-0.2, 0) is 13.0 Å². The third-order valence-electron chi connectivity index (χ3n) is 5.30. The van der Waals surface area contributed by atoms with E-state index in [0.717, 1.165) is 37.5 Å². The molecule has 0 spiro atoms. The number of likely N-dealkylation sites (tertiary alicyclic amines) is 1. The first-order valence-electron chi connectivity index (χ1n) is 9.48. The minimum absolute atomic E-state index is 0.0845. The van der Waals surface area contributed by atoms with Crippen LogP contribution in [0.1, 0.15) is 43.3 Å². The monoisotopic (exact) mass is 358 g/mol. The Kier molecular flexibility index (Phi) is 5.19. The van der Waals surface area contributed by atoms with Crippen LogP contribution < -0.4 is 10.6 Å². The molecular weight excluding hydrogens is 332 g/mol. The average Bonchev–Trinajstić information content (AvgIpc) is 3.34. The summed E-state index contributed by atoms with van der Waals surface area (Å²) >= 11 is 0. The van der Waals surface area contributed by atoms with Crippen LogP contribution in [0, 0.1) is 0 Å². The van der Waals surface area contributed by atoms with E-state index in [0.29, 0.717) is 13.1 Å². The van der Waals surface area contributed by atoms with Gasteiger partial charge in [-0.05, 0) is 44.5 Å². The molecule has 1 saturated heterocycles. The van der Waals surface area contributed by atoms with Gasteiger partial charge in [0.05, 0.1) is 24.9 Å². The van der Waals surface area contributed by atoms with Gasteiger partial charge in [0.2, 0.25) is 0 Å². The van der Waals surface area contributed by atoms with E-state index in [1.165, 1.54) is 19.3 Å². The first-order chi connectivity index (χ1) is 12.8. The summed E-state index contributed by atoms with van der Waals surface area (Å²) < 4.78 is 7.50. The molecule has 2 atom stereocenters. The second-order valence-corrected chi connectivity index (χ2v) is 7.08. The van der Waals surface area contributed by atoms with Gasteiger partial charge in [0.15, 0.2) is 0 Å². The van der Waals surface area contributed by atoms with Gasteiger partial charge in [0.1, 0.15) is 17.9 Å². The van der Waals surface area contributed by atoms with Gasteiger partial charge < -0.3 is 15.1 Å². The van der Waals surface area contributed by atoms with Crippen LogP contribution in [0.15, 0.2) is 29.1 Å². The lowest BCUT2D eigenvalue weighted by molar-refractivity contribution is 0.143. The van der Waals surface area contributed by atoms with Crippen molar-refractivity contribution in [3.05, 3.63) is 36.3 Å². The highest BCUT2D eigenvalue weighted by atomic mass is 16.3. The van der Waals surface area contributed by atoms with Gasteiger partial charge in [0, 0.05) is 13.0 Å². The molecule has 1 fully saturated rings. The topological polar surface area (TPSA) is 88.2 Å². The highest BCUT2D eigenvalue weighted by Gasteiger charge is 2.26. The van der Waals surface area contributed by atoms with Gasteiger partial charge >= 0.3 is 6.03 Å². The lowest BCUT2D eigenvalue weighted by atomic mass is 10.1. The molecule has 4 rings (SSSR count). The molecule has 2 N–H and O–H groups in total. The van der Waals surface area contributed by atoms with E-state index in [1.54, 1.807) is 12.6 Å². The SMILES string of the molecule is O=C(NCC(c1ccco1)N1CCCCC1)NC1CCc2ncnn2C1. The van der Waals surface area contributed by atoms with E-state index in [2.05, 4.69) is 25.6 Å². The molecule has 0 aliphatic carbocycles. The number of rotatable bonds is 5. The Morgan fingerprint density at radius 3 is 3.04 bits per heavy atom. The van der Waals surface area contributed by atoms with E-state index in [1.807, 2.05) is 16.8 Å². The van der Waals surface area contributed by atoms with Gasteiger partial charge in [0.25, 0.3) is 0 Å². The van der Waals surface area contributed by atoms with Crippen molar-refractivity contribution in [2.75, 3.05) is 19.6 Å². The summed E-state index contributed by atoms with van der Waals surface area (Å²) in [4.78, 5) is 19.0. The molecular formula is C18H26N6O2. The molecule has 0 bridgehead atoms. The van der Waals surface area contributed by atoms with Gasteiger partial charge in [-0.2, -0.15) is 5.10 Å². The fourth-order valence-corrected chi connectivity index (χ4v) is 3.90. The molecule has 2 aliphatic heterocycles. The molecule has 140 valence electrons. The van der Waals surface area contributed by atoms with Crippen LogP contribution in [0.4, 0.5) is 4.79 Å². The standard InChI is InChI=1S/C18H26N6O2/c25-18(22-14-6-7-17-20-13-21-24(17)12-14)19-11-15(16-5-4-10-26-16)23-8-2-1-3-9-23/h4-5,10,13-15H,1-3,6-9,11-12H2,(H2,19,22,25). The molecule has 0 saturated carbocycles. The molecule has 2 unspecified atom stereocenters. The second-order valence-electron chi connectivity index (χ2n) is 7.08. The second kappa shape index (κ2) is 7.90. The minimum Gasteiger partial charge on any atom is -0.468 e. The third-order valence-corrected chi connectivity index (χ3v) is 5.30. The summed E-state index contributed by atoms with van der Waals surface area (Å²) in [6, 6.07) is 3.94.